The standard InChI is InChI=1S/C19H26N2O4/c1-14-11-21(12-16(14)20-6-8-23-9-7-20)19(22)5-3-15-2-4-17-18(10-15)25-13-24-17/h2,4,10,14,16H,3,5-9,11-13H2,1H3/t14-,16+/m1/s1. The van der Waals surface area contributed by atoms with Crippen molar-refractivity contribution in [3.63, 3.8) is 0 Å². The molecular weight excluding hydrogens is 320 g/mol. The maximum Gasteiger partial charge on any atom is 0.231 e. The van der Waals surface area contributed by atoms with E-state index in [4.69, 9.17) is 14.2 Å². The summed E-state index contributed by atoms with van der Waals surface area (Å²) in [7, 11) is 0. The van der Waals surface area contributed by atoms with Crippen molar-refractivity contribution in [3.8, 4) is 11.5 Å². The Labute approximate surface area is 148 Å². The molecule has 0 aliphatic carbocycles. The number of rotatable bonds is 4. The van der Waals surface area contributed by atoms with Gasteiger partial charge in [-0.1, -0.05) is 13.0 Å². The Morgan fingerprint density at radius 1 is 1.16 bits per heavy atom. The van der Waals surface area contributed by atoms with Gasteiger partial charge in [-0.15, -0.1) is 0 Å². The van der Waals surface area contributed by atoms with Crippen molar-refractivity contribution < 1.29 is 19.0 Å². The summed E-state index contributed by atoms with van der Waals surface area (Å²) < 4.78 is 16.2. The van der Waals surface area contributed by atoms with Crippen LogP contribution in [0.1, 0.15) is 18.9 Å². The average molecular weight is 346 g/mol. The van der Waals surface area contributed by atoms with Gasteiger partial charge < -0.3 is 19.1 Å². The second kappa shape index (κ2) is 7.22. The summed E-state index contributed by atoms with van der Waals surface area (Å²) in [4.78, 5) is 17.2. The van der Waals surface area contributed by atoms with Crippen molar-refractivity contribution in [2.75, 3.05) is 46.2 Å². The molecular formula is C19H26N2O4. The number of amides is 1. The van der Waals surface area contributed by atoms with Crippen molar-refractivity contribution in [3.05, 3.63) is 23.8 Å². The Kier molecular flexibility index (Phi) is 4.81. The van der Waals surface area contributed by atoms with E-state index < -0.39 is 0 Å². The number of ether oxygens (including phenoxy) is 3. The first kappa shape index (κ1) is 16.7. The third-order valence-corrected chi connectivity index (χ3v) is 5.50. The minimum absolute atomic E-state index is 0.250. The molecule has 3 heterocycles. The number of fused-ring (bicyclic) bond motifs is 1. The second-order valence-corrected chi connectivity index (χ2v) is 7.18. The number of hydrogen-bond acceptors (Lipinski definition) is 5. The van der Waals surface area contributed by atoms with Crippen LogP contribution >= 0.6 is 0 Å². The molecule has 6 nitrogen and oxygen atoms in total. The van der Waals surface area contributed by atoms with Crippen molar-refractivity contribution >= 4 is 5.91 Å². The van der Waals surface area contributed by atoms with E-state index in [0.29, 0.717) is 18.4 Å². The van der Waals surface area contributed by atoms with E-state index in [-0.39, 0.29) is 12.7 Å². The van der Waals surface area contributed by atoms with Gasteiger partial charge in [0.25, 0.3) is 0 Å². The highest BCUT2D eigenvalue weighted by Gasteiger charge is 2.36. The molecule has 1 aromatic rings. The largest absolute Gasteiger partial charge is 0.454 e. The molecule has 3 aliphatic heterocycles. The van der Waals surface area contributed by atoms with Gasteiger partial charge in [0.2, 0.25) is 12.7 Å². The van der Waals surface area contributed by atoms with Crippen LogP contribution in [-0.4, -0.2) is 67.9 Å². The third-order valence-electron chi connectivity index (χ3n) is 5.50. The van der Waals surface area contributed by atoms with Gasteiger partial charge >= 0.3 is 0 Å². The lowest BCUT2D eigenvalue weighted by atomic mass is 10.0. The van der Waals surface area contributed by atoms with Crippen LogP contribution in [0.4, 0.5) is 0 Å². The molecule has 0 spiro atoms. The van der Waals surface area contributed by atoms with E-state index in [1.807, 2.05) is 23.1 Å². The SMILES string of the molecule is C[C@@H]1CN(C(=O)CCc2ccc3c(c2)OCO3)C[C@@H]1N1CCOCC1. The molecule has 2 saturated heterocycles. The molecule has 4 rings (SSSR count). The number of carbonyl (C=O) groups excluding carboxylic acids is 1. The van der Waals surface area contributed by atoms with E-state index in [1.54, 1.807) is 0 Å². The predicted molar refractivity (Wildman–Crippen MR) is 92.8 cm³/mol. The monoisotopic (exact) mass is 346 g/mol. The van der Waals surface area contributed by atoms with E-state index in [1.165, 1.54) is 0 Å². The highest BCUT2D eigenvalue weighted by atomic mass is 16.7. The molecule has 136 valence electrons. The van der Waals surface area contributed by atoms with E-state index >= 15 is 0 Å². The highest BCUT2D eigenvalue weighted by molar-refractivity contribution is 5.77. The number of hydrogen-bond donors (Lipinski definition) is 0. The first-order valence-corrected chi connectivity index (χ1v) is 9.19. The van der Waals surface area contributed by atoms with Crippen LogP contribution in [0, 0.1) is 5.92 Å². The topological polar surface area (TPSA) is 51.2 Å². The molecule has 2 fully saturated rings. The van der Waals surface area contributed by atoms with Crippen molar-refractivity contribution in [2.45, 2.75) is 25.8 Å². The molecule has 0 radical (unpaired) electrons. The maximum absolute atomic E-state index is 12.7. The summed E-state index contributed by atoms with van der Waals surface area (Å²) in [5.74, 6) is 2.34. The number of aryl methyl sites for hydroxylation is 1. The van der Waals surface area contributed by atoms with Gasteiger partial charge in [0.05, 0.1) is 13.2 Å². The molecule has 0 saturated carbocycles. The van der Waals surface area contributed by atoms with Crippen LogP contribution in [0.15, 0.2) is 18.2 Å². The summed E-state index contributed by atoms with van der Waals surface area (Å²) in [5.41, 5.74) is 1.12. The molecule has 25 heavy (non-hydrogen) atoms. The quantitative estimate of drug-likeness (QED) is 0.828. The summed E-state index contributed by atoms with van der Waals surface area (Å²) in [5, 5.41) is 0. The Balaban J connectivity index is 1.31. The van der Waals surface area contributed by atoms with Crippen molar-refractivity contribution in [1.29, 1.82) is 0 Å². The Morgan fingerprint density at radius 3 is 2.80 bits per heavy atom. The van der Waals surface area contributed by atoms with Gasteiger partial charge in [-0.25, -0.2) is 0 Å². The lowest BCUT2D eigenvalue weighted by Crippen LogP contribution is -2.47. The zero-order chi connectivity index (χ0) is 17.2. The third kappa shape index (κ3) is 3.60. The highest BCUT2D eigenvalue weighted by Crippen LogP contribution is 2.33. The maximum atomic E-state index is 12.7. The summed E-state index contributed by atoms with van der Waals surface area (Å²) in [6.07, 6.45) is 1.28. The summed E-state index contributed by atoms with van der Waals surface area (Å²) in [6, 6.07) is 6.40. The fourth-order valence-electron chi connectivity index (χ4n) is 4.04. The van der Waals surface area contributed by atoms with Crippen LogP contribution in [0.25, 0.3) is 0 Å². The number of benzene rings is 1. The average Bonchev–Trinajstić information content (AvgIpc) is 3.26. The first-order chi connectivity index (χ1) is 12.2. The zero-order valence-corrected chi connectivity index (χ0v) is 14.8. The normalized spacial score (nSPS) is 26.2. The molecule has 0 aromatic heterocycles. The number of nitrogens with zero attached hydrogens (tertiary/aromatic N) is 2. The second-order valence-electron chi connectivity index (χ2n) is 7.18. The van der Waals surface area contributed by atoms with Gasteiger partial charge in [0.1, 0.15) is 0 Å². The van der Waals surface area contributed by atoms with Crippen molar-refractivity contribution in [2.24, 2.45) is 5.92 Å². The Hall–Kier alpha value is -1.79. The van der Waals surface area contributed by atoms with Gasteiger partial charge in [-0.2, -0.15) is 0 Å². The minimum Gasteiger partial charge on any atom is -0.454 e. The molecule has 0 bridgehead atoms. The van der Waals surface area contributed by atoms with Crippen LogP contribution in [0.2, 0.25) is 0 Å². The van der Waals surface area contributed by atoms with Crippen LogP contribution in [0.5, 0.6) is 11.5 Å². The molecule has 0 unspecified atom stereocenters. The lowest BCUT2D eigenvalue weighted by molar-refractivity contribution is -0.130. The number of carbonyl (C=O) groups is 1. The van der Waals surface area contributed by atoms with E-state index in [9.17, 15) is 4.79 Å². The van der Waals surface area contributed by atoms with Crippen LogP contribution < -0.4 is 9.47 Å². The Morgan fingerprint density at radius 2 is 1.96 bits per heavy atom. The number of morpholine rings is 1. The minimum atomic E-state index is 0.250. The molecule has 2 atom stereocenters. The van der Waals surface area contributed by atoms with Gasteiger partial charge in [0.15, 0.2) is 11.5 Å². The fraction of sp³-hybridized carbons (Fsp3) is 0.632. The molecule has 1 amide bonds. The van der Waals surface area contributed by atoms with Gasteiger partial charge in [-0.3, -0.25) is 9.69 Å². The van der Waals surface area contributed by atoms with Crippen LogP contribution in [-0.2, 0) is 16.0 Å². The number of likely N-dealkylation sites (tertiary alicyclic amines) is 1. The molecule has 1 aromatic carbocycles. The fourth-order valence-corrected chi connectivity index (χ4v) is 4.04. The molecule has 0 N–H and O–H groups in total. The summed E-state index contributed by atoms with van der Waals surface area (Å²) >= 11 is 0. The predicted octanol–water partition coefficient (Wildman–Crippen LogP) is 1.53. The zero-order valence-electron chi connectivity index (χ0n) is 14.8. The first-order valence-electron chi connectivity index (χ1n) is 9.19. The van der Waals surface area contributed by atoms with Gasteiger partial charge in [-0.05, 0) is 30.0 Å². The van der Waals surface area contributed by atoms with Gasteiger partial charge in [0, 0.05) is 38.6 Å². The van der Waals surface area contributed by atoms with E-state index in [2.05, 4.69) is 11.8 Å². The van der Waals surface area contributed by atoms with Crippen LogP contribution in [0.3, 0.4) is 0 Å². The molecule has 6 heteroatoms. The smallest absolute Gasteiger partial charge is 0.231 e. The van der Waals surface area contributed by atoms with E-state index in [0.717, 1.165) is 62.9 Å². The molecule has 3 aliphatic rings. The Bertz CT molecular complexity index is 630. The summed E-state index contributed by atoms with van der Waals surface area (Å²) in [6.45, 7) is 7.83. The lowest BCUT2D eigenvalue weighted by Gasteiger charge is -2.34. The van der Waals surface area contributed by atoms with Crippen molar-refractivity contribution in [1.82, 2.24) is 9.80 Å².